The number of rotatable bonds is 7. The number of nitrogens with zero attached hydrogens (tertiary/aromatic N) is 4. The number of thiophene rings is 1. The Morgan fingerprint density at radius 1 is 1.35 bits per heavy atom. The average molecular weight is 370 g/mol. The predicted molar refractivity (Wildman–Crippen MR) is 102 cm³/mol. The molecule has 0 spiro atoms. The first kappa shape index (κ1) is 18.3. The van der Waals surface area contributed by atoms with E-state index in [1.54, 1.807) is 36.7 Å². The van der Waals surface area contributed by atoms with Crippen molar-refractivity contribution in [3.05, 3.63) is 59.0 Å². The first-order chi connectivity index (χ1) is 12.6. The highest BCUT2D eigenvalue weighted by Gasteiger charge is 2.16. The molecule has 3 rings (SSSR count). The van der Waals surface area contributed by atoms with E-state index in [1.165, 1.54) is 10.4 Å². The van der Waals surface area contributed by atoms with Crippen LogP contribution in [0.3, 0.4) is 0 Å². The van der Waals surface area contributed by atoms with Crippen molar-refractivity contribution in [2.75, 3.05) is 20.8 Å². The molecule has 0 aliphatic heterocycles. The second kappa shape index (κ2) is 8.25. The lowest BCUT2D eigenvalue weighted by Crippen LogP contribution is -2.28. The number of carbonyl (C=O) groups excluding carboxylic acids is 1. The third-order valence-corrected chi connectivity index (χ3v) is 5.26. The smallest absolute Gasteiger partial charge is 0.254 e. The third kappa shape index (κ3) is 4.00. The third-order valence-electron chi connectivity index (χ3n) is 4.19. The minimum Gasteiger partial charge on any atom is -0.383 e. The lowest BCUT2D eigenvalue weighted by Gasteiger charge is -2.17. The molecule has 0 bridgehead atoms. The molecule has 0 fully saturated rings. The molecular weight excluding hydrogens is 348 g/mol. The minimum atomic E-state index is -0.0395. The Morgan fingerprint density at radius 2 is 2.19 bits per heavy atom. The molecule has 1 aromatic carbocycles. The number of amides is 1. The fourth-order valence-electron chi connectivity index (χ4n) is 2.74. The summed E-state index contributed by atoms with van der Waals surface area (Å²) in [4.78, 5) is 15.7. The van der Waals surface area contributed by atoms with Crippen LogP contribution in [-0.2, 0) is 17.8 Å². The molecule has 0 saturated carbocycles. The van der Waals surface area contributed by atoms with Gasteiger partial charge in [0.25, 0.3) is 5.91 Å². The summed E-state index contributed by atoms with van der Waals surface area (Å²) < 4.78 is 7.00. The van der Waals surface area contributed by atoms with Crippen molar-refractivity contribution < 1.29 is 9.53 Å². The first-order valence-electron chi connectivity index (χ1n) is 8.35. The summed E-state index contributed by atoms with van der Waals surface area (Å²) in [5.74, 6) is 0.700. The fourth-order valence-corrected chi connectivity index (χ4v) is 3.67. The summed E-state index contributed by atoms with van der Waals surface area (Å²) in [5, 5.41) is 10.1. The van der Waals surface area contributed by atoms with Gasteiger partial charge in [-0.2, -0.15) is 0 Å². The maximum absolute atomic E-state index is 12.9. The van der Waals surface area contributed by atoms with Crippen LogP contribution in [0.25, 0.3) is 10.4 Å². The Balaban J connectivity index is 1.75. The van der Waals surface area contributed by atoms with Crippen LogP contribution in [0, 0.1) is 6.92 Å². The van der Waals surface area contributed by atoms with Gasteiger partial charge in [-0.05, 0) is 41.6 Å². The van der Waals surface area contributed by atoms with Gasteiger partial charge in [0.05, 0.1) is 13.2 Å². The van der Waals surface area contributed by atoms with Crippen LogP contribution < -0.4 is 0 Å². The zero-order valence-corrected chi connectivity index (χ0v) is 16.0. The zero-order chi connectivity index (χ0) is 18.5. The standard InChI is InChI=1S/C19H22N4O2S/c1-14-7-10-26-18(14)15-5-4-6-16(11-15)19(24)22(2)12-17-21-20-13-23(17)8-9-25-3/h4-7,10-11,13H,8-9,12H2,1-3H3. The van der Waals surface area contributed by atoms with Crippen molar-refractivity contribution in [3.63, 3.8) is 0 Å². The number of benzene rings is 1. The van der Waals surface area contributed by atoms with Crippen LogP contribution in [-0.4, -0.2) is 46.3 Å². The molecular formula is C19H22N4O2S. The fraction of sp³-hybridized carbons (Fsp3) is 0.316. The van der Waals surface area contributed by atoms with Crippen molar-refractivity contribution in [2.24, 2.45) is 0 Å². The van der Waals surface area contributed by atoms with E-state index in [2.05, 4.69) is 28.6 Å². The average Bonchev–Trinajstić information content (AvgIpc) is 3.28. The summed E-state index contributed by atoms with van der Waals surface area (Å²) in [6.45, 7) is 3.71. The summed E-state index contributed by atoms with van der Waals surface area (Å²) in [7, 11) is 3.43. The quantitative estimate of drug-likeness (QED) is 0.641. The van der Waals surface area contributed by atoms with E-state index in [4.69, 9.17) is 4.74 Å². The molecule has 0 N–H and O–H groups in total. The number of aromatic nitrogens is 3. The van der Waals surface area contributed by atoms with Crippen molar-refractivity contribution in [1.82, 2.24) is 19.7 Å². The van der Waals surface area contributed by atoms with Gasteiger partial charge in [0.2, 0.25) is 0 Å². The Hall–Kier alpha value is -2.51. The van der Waals surface area contributed by atoms with Gasteiger partial charge in [-0.3, -0.25) is 4.79 Å². The highest BCUT2D eigenvalue weighted by molar-refractivity contribution is 7.13. The zero-order valence-electron chi connectivity index (χ0n) is 15.2. The molecule has 0 atom stereocenters. The van der Waals surface area contributed by atoms with Crippen LogP contribution in [0.5, 0.6) is 0 Å². The largest absolute Gasteiger partial charge is 0.383 e. The summed E-state index contributed by atoms with van der Waals surface area (Å²) >= 11 is 1.69. The van der Waals surface area contributed by atoms with Gasteiger partial charge in [0.1, 0.15) is 6.33 Å². The molecule has 0 aliphatic carbocycles. The number of ether oxygens (including phenoxy) is 1. The monoisotopic (exact) mass is 370 g/mol. The molecule has 1 amide bonds. The molecule has 7 heteroatoms. The van der Waals surface area contributed by atoms with Crippen LogP contribution >= 0.6 is 11.3 Å². The van der Waals surface area contributed by atoms with Gasteiger partial charge in [0, 0.05) is 31.1 Å². The van der Waals surface area contributed by atoms with E-state index in [9.17, 15) is 4.79 Å². The Bertz CT molecular complexity index is 887. The van der Waals surface area contributed by atoms with E-state index in [-0.39, 0.29) is 5.91 Å². The predicted octanol–water partition coefficient (Wildman–Crippen LogP) is 3.23. The molecule has 0 saturated heterocycles. The number of carbonyl (C=O) groups is 1. The molecule has 26 heavy (non-hydrogen) atoms. The van der Waals surface area contributed by atoms with Gasteiger partial charge < -0.3 is 14.2 Å². The number of hydrogen-bond acceptors (Lipinski definition) is 5. The Morgan fingerprint density at radius 3 is 2.92 bits per heavy atom. The van der Waals surface area contributed by atoms with Gasteiger partial charge in [0.15, 0.2) is 5.82 Å². The summed E-state index contributed by atoms with van der Waals surface area (Å²) in [6.07, 6.45) is 1.66. The molecule has 0 aliphatic rings. The van der Waals surface area contributed by atoms with Crippen molar-refractivity contribution in [2.45, 2.75) is 20.0 Å². The van der Waals surface area contributed by atoms with Crippen LogP contribution in [0.2, 0.25) is 0 Å². The van der Waals surface area contributed by atoms with Gasteiger partial charge in [-0.1, -0.05) is 12.1 Å². The van der Waals surface area contributed by atoms with Crippen molar-refractivity contribution in [3.8, 4) is 10.4 Å². The van der Waals surface area contributed by atoms with Crippen LogP contribution in [0.4, 0.5) is 0 Å². The molecule has 2 heterocycles. The van der Waals surface area contributed by atoms with E-state index in [0.717, 1.165) is 11.4 Å². The van der Waals surface area contributed by atoms with E-state index in [0.29, 0.717) is 25.3 Å². The molecule has 6 nitrogen and oxygen atoms in total. The van der Waals surface area contributed by atoms with E-state index in [1.807, 2.05) is 28.8 Å². The molecule has 0 unspecified atom stereocenters. The maximum Gasteiger partial charge on any atom is 0.254 e. The molecule has 3 aromatic rings. The highest BCUT2D eigenvalue weighted by Crippen LogP contribution is 2.29. The molecule has 0 radical (unpaired) electrons. The maximum atomic E-state index is 12.9. The number of aryl methyl sites for hydroxylation is 1. The Kier molecular flexibility index (Phi) is 5.80. The van der Waals surface area contributed by atoms with E-state index < -0.39 is 0 Å². The normalized spacial score (nSPS) is 10.9. The lowest BCUT2D eigenvalue weighted by molar-refractivity contribution is 0.0779. The van der Waals surface area contributed by atoms with Gasteiger partial charge in [-0.15, -0.1) is 21.5 Å². The SMILES string of the molecule is COCCn1cnnc1CN(C)C(=O)c1cccc(-c2sccc2C)c1. The van der Waals surface area contributed by atoms with Crippen molar-refractivity contribution in [1.29, 1.82) is 0 Å². The number of methoxy groups -OCH3 is 1. The molecule has 136 valence electrons. The second-order valence-corrected chi connectivity index (χ2v) is 7.02. The highest BCUT2D eigenvalue weighted by atomic mass is 32.1. The summed E-state index contributed by atoms with van der Waals surface area (Å²) in [5.41, 5.74) is 2.96. The molecule has 2 aromatic heterocycles. The second-order valence-electron chi connectivity index (χ2n) is 6.11. The van der Waals surface area contributed by atoms with Crippen LogP contribution in [0.1, 0.15) is 21.7 Å². The van der Waals surface area contributed by atoms with Crippen molar-refractivity contribution >= 4 is 17.2 Å². The van der Waals surface area contributed by atoms with Gasteiger partial charge >= 0.3 is 0 Å². The Labute approximate surface area is 157 Å². The number of hydrogen-bond donors (Lipinski definition) is 0. The minimum absolute atomic E-state index is 0.0395. The van der Waals surface area contributed by atoms with E-state index >= 15 is 0 Å². The lowest BCUT2D eigenvalue weighted by atomic mass is 10.1. The first-order valence-corrected chi connectivity index (χ1v) is 9.23. The van der Waals surface area contributed by atoms with Crippen LogP contribution in [0.15, 0.2) is 42.0 Å². The van der Waals surface area contributed by atoms with Gasteiger partial charge in [-0.25, -0.2) is 0 Å². The summed E-state index contributed by atoms with van der Waals surface area (Å²) in [6, 6.07) is 9.86. The topological polar surface area (TPSA) is 60.2 Å².